The molecule has 0 aliphatic rings. The van der Waals surface area contributed by atoms with E-state index in [0.29, 0.717) is 23.4 Å². The van der Waals surface area contributed by atoms with E-state index < -0.39 is 0 Å². The smallest absolute Gasteiger partial charge is 0.253 e. The first-order valence-electron chi connectivity index (χ1n) is 10.8. The summed E-state index contributed by atoms with van der Waals surface area (Å²) in [6, 6.07) is 13.9. The normalized spacial score (nSPS) is 10.3. The molecule has 0 fully saturated rings. The second-order valence-electron chi connectivity index (χ2n) is 7.21. The molecule has 0 aliphatic heterocycles. The van der Waals surface area contributed by atoms with Gasteiger partial charge in [-0.2, -0.15) is 0 Å². The molecular formula is C24H32N4O3. The summed E-state index contributed by atoms with van der Waals surface area (Å²) in [5.41, 5.74) is 2.57. The molecule has 0 atom stereocenters. The van der Waals surface area contributed by atoms with Gasteiger partial charge in [0.25, 0.3) is 11.8 Å². The molecule has 0 unspecified atom stereocenters. The van der Waals surface area contributed by atoms with Crippen LogP contribution in [0, 0.1) is 0 Å². The van der Waals surface area contributed by atoms with Crippen LogP contribution >= 0.6 is 0 Å². The van der Waals surface area contributed by atoms with Crippen molar-refractivity contribution < 1.29 is 14.4 Å². The van der Waals surface area contributed by atoms with Crippen LogP contribution in [0.4, 0.5) is 11.4 Å². The molecule has 0 saturated carbocycles. The Morgan fingerprint density at radius 1 is 0.774 bits per heavy atom. The Hall–Kier alpha value is -3.35. The lowest BCUT2D eigenvalue weighted by Gasteiger charge is -2.21. The van der Waals surface area contributed by atoms with Gasteiger partial charge in [0.15, 0.2) is 0 Å². The van der Waals surface area contributed by atoms with E-state index in [1.165, 1.54) is 0 Å². The Balaban J connectivity index is 1.86. The second-order valence-corrected chi connectivity index (χ2v) is 7.21. The molecule has 166 valence electrons. The molecule has 7 heteroatoms. The number of carbonyl (C=O) groups excluding carboxylic acids is 3. The van der Waals surface area contributed by atoms with E-state index in [-0.39, 0.29) is 24.3 Å². The molecular weight excluding hydrogens is 392 g/mol. The molecule has 7 nitrogen and oxygen atoms in total. The quantitative estimate of drug-likeness (QED) is 0.512. The Bertz CT molecular complexity index is 857. The Labute approximate surface area is 184 Å². The first-order valence-corrected chi connectivity index (χ1v) is 10.8. The van der Waals surface area contributed by atoms with Crippen LogP contribution in [0.25, 0.3) is 0 Å². The molecule has 3 amide bonds. The zero-order chi connectivity index (χ0) is 22.6. The van der Waals surface area contributed by atoms with Crippen LogP contribution in [0.3, 0.4) is 0 Å². The third kappa shape index (κ3) is 7.44. The molecule has 0 saturated heterocycles. The van der Waals surface area contributed by atoms with Crippen LogP contribution in [-0.2, 0) is 4.79 Å². The highest BCUT2D eigenvalue weighted by atomic mass is 16.2. The molecule has 2 rings (SSSR count). The van der Waals surface area contributed by atoms with Gasteiger partial charge in [0.1, 0.15) is 0 Å². The van der Waals surface area contributed by atoms with Crippen LogP contribution < -0.4 is 16.0 Å². The number of rotatable bonds is 11. The Kier molecular flexibility index (Phi) is 9.55. The van der Waals surface area contributed by atoms with Crippen molar-refractivity contribution in [1.82, 2.24) is 10.2 Å². The van der Waals surface area contributed by atoms with Gasteiger partial charge >= 0.3 is 0 Å². The predicted molar refractivity (Wildman–Crippen MR) is 124 cm³/mol. The SMILES string of the molecule is CCCN(CCC)C(=O)c1ccc(NCC(=O)Nc2ccc(C(=O)NCC)cc2)cc1. The summed E-state index contributed by atoms with van der Waals surface area (Å²) in [6.07, 6.45) is 1.85. The number of amides is 3. The molecule has 3 N–H and O–H groups in total. The first-order chi connectivity index (χ1) is 15.0. The lowest BCUT2D eigenvalue weighted by Crippen LogP contribution is -2.32. The van der Waals surface area contributed by atoms with E-state index in [1.54, 1.807) is 48.5 Å². The summed E-state index contributed by atoms with van der Waals surface area (Å²) in [5, 5.41) is 8.57. The van der Waals surface area contributed by atoms with Crippen LogP contribution in [0.1, 0.15) is 54.3 Å². The number of anilines is 2. The molecule has 2 aromatic carbocycles. The predicted octanol–water partition coefficient (Wildman–Crippen LogP) is 3.75. The summed E-state index contributed by atoms with van der Waals surface area (Å²) in [7, 11) is 0. The van der Waals surface area contributed by atoms with Crippen LogP contribution in [0.15, 0.2) is 48.5 Å². The van der Waals surface area contributed by atoms with E-state index in [1.807, 2.05) is 11.8 Å². The minimum Gasteiger partial charge on any atom is -0.376 e. The summed E-state index contributed by atoms with van der Waals surface area (Å²) >= 11 is 0. The van der Waals surface area contributed by atoms with Crippen molar-refractivity contribution in [2.24, 2.45) is 0 Å². The van der Waals surface area contributed by atoms with Crippen LogP contribution in [-0.4, -0.2) is 48.8 Å². The molecule has 0 heterocycles. The molecule has 0 spiro atoms. The van der Waals surface area contributed by atoms with Crippen LogP contribution in [0.2, 0.25) is 0 Å². The summed E-state index contributed by atoms with van der Waals surface area (Å²) < 4.78 is 0. The van der Waals surface area contributed by atoms with E-state index in [0.717, 1.165) is 31.6 Å². The largest absolute Gasteiger partial charge is 0.376 e. The number of hydrogen-bond donors (Lipinski definition) is 3. The molecule has 2 aromatic rings. The van der Waals surface area contributed by atoms with Gasteiger partial charge in [-0.05, 0) is 68.3 Å². The maximum atomic E-state index is 12.6. The highest BCUT2D eigenvalue weighted by Crippen LogP contribution is 2.13. The van der Waals surface area contributed by atoms with E-state index in [2.05, 4.69) is 29.8 Å². The average molecular weight is 425 g/mol. The molecule has 0 aliphatic carbocycles. The van der Waals surface area contributed by atoms with Crippen molar-refractivity contribution in [3.8, 4) is 0 Å². The molecule has 31 heavy (non-hydrogen) atoms. The fraction of sp³-hybridized carbons (Fsp3) is 0.375. The van der Waals surface area contributed by atoms with Crippen molar-refractivity contribution in [2.75, 3.05) is 36.8 Å². The van der Waals surface area contributed by atoms with Gasteiger partial charge in [-0.25, -0.2) is 0 Å². The van der Waals surface area contributed by atoms with E-state index in [4.69, 9.17) is 0 Å². The highest BCUT2D eigenvalue weighted by Gasteiger charge is 2.14. The number of nitrogens with one attached hydrogen (secondary N) is 3. The highest BCUT2D eigenvalue weighted by molar-refractivity contribution is 5.97. The summed E-state index contributed by atoms with van der Waals surface area (Å²) in [5.74, 6) is -0.316. The minimum atomic E-state index is -0.206. The van der Waals surface area contributed by atoms with Gasteiger partial charge in [-0.3, -0.25) is 14.4 Å². The van der Waals surface area contributed by atoms with E-state index >= 15 is 0 Å². The fourth-order valence-electron chi connectivity index (χ4n) is 3.12. The average Bonchev–Trinajstić information content (AvgIpc) is 2.78. The first kappa shape index (κ1) is 23.9. The van der Waals surface area contributed by atoms with Gasteiger partial charge in [-0.1, -0.05) is 13.8 Å². The maximum absolute atomic E-state index is 12.6. The Morgan fingerprint density at radius 3 is 1.87 bits per heavy atom. The van der Waals surface area contributed by atoms with Crippen molar-refractivity contribution in [3.63, 3.8) is 0 Å². The fourth-order valence-corrected chi connectivity index (χ4v) is 3.12. The van der Waals surface area contributed by atoms with Crippen molar-refractivity contribution in [2.45, 2.75) is 33.6 Å². The van der Waals surface area contributed by atoms with Gasteiger partial charge in [0.2, 0.25) is 5.91 Å². The van der Waals surface area contributed by atoms with Gasteiger partial charge in [-0.15, -0.1) is 0 Å². The van der Waals surface area contributed by atoms with Crippen molar-refractivity contribution in [1.29, 1.82) is 0 Å². The van der Waals surface area contributed by atoms with Gasteiger partial charge in [0, 0.05) is 42.1 Å². The number of hydrogen-bond acceptors (Lipinski definition) is 4. The number of benzene rings is 2. The standard InChI is InChI=1S/C24H32N4O3/c1-4-15-28(16-5-2)24(31)19-9-11-20(12-10-19)26-17-22(29)27-21-13-7-18(8-14-21)23(30)25-6-3/h7-14,26H,4-6,15-17H2,1-3H3,(H,25,30)(H,27,29). The topological polar surface area (TPSA) is 90.5 Å². The second kappa shape index (κ2) is 12.4. The Morgan fingerprint density at radius 2 is 1.32 bits per heavy atom. The molecule has 0 radical (unpaired) electrons. The van der Waals surface area contributed by atoms with Gasteiger partial charge < -0.3 is 20.9 Å². The molecule has 0 aromatic heterocycles. The number of nitrogens with zero attached hydrogens (tertiary/aromatic N) is 1. The lowest BCUT2D eigenvalue weighted by atomic mass is 10.1. The van der Waals surface area contributed by atoms with Crippen molar-refractivity contribution in [3.05, 3.63) is 59.7 Å². The zero-order valence-electron chi connectivity index (χ0n) is 18.5. The summed E-state index contributed by atoms with van der Waals surface area (Å²) in [6.45, 7) is 8.13. The van der Waals surface area contributed by atoms with Crippen molar-refractivity contribution >= 4 is 29.1 Å². The third-order valence-electron chi connectivity index (χ3n) is 4.63. The monoisotopic (exact) mass is 424 g/mol. The molecule has 0 bridgehead atoms. The van der Waals surface area contributed by atoms with E-state index in [9.17, 15) is 14.4 Å². The lowest BCUT2D eigenvalue weighted by molar-refractivity contribution is -0.114. The van der Waals surface area contributed by atoms with Crippen LogP contribution in [0.5, 0.6) is 0 Å². The maximum Gasteiger partial charge on any atom is 0.253 e. The minimum absolute atomic E-state index is 0.0315. The summed E-state index contributed by atoms with van der Waals surface area (Å²) in [4.78, 5) is 38.5. The third-order valence-corrected chi connectivity index (χ3v) is 4.63. The zero-order valence-corrected chi connectivity index (χ0v) is 18.5. The van der Waals surface area contributed by atoms with Gasteiger partial charge in [0.05, 0.1) is 6.54 Å². The number of carbonyl (C=O) groups is 3.